The van der Waals surface area contributed by atoms with Gasteiger partial charge in [0.15, 0.2) is 5.82 Å². The van der Waals surface area contributed by atoms with Crippen molar-refractivity contribution >= 4 is 17.2 Å². The third-order valence-electron chi connectivity index (χ3n) is 3.57. The Morgan fingerprint density at radius 3 is 2.68 bits per heavy atom. The fraction of sp³-hybridized carbons (Fsp3) is 0.278. The number of ether oxygens (including phenoxy) is 2. The number of rotatable bonds is 7. The molecule has 25 heavy (non-hydrogen) atoms. The molecule has 0 aliphatic rings. The molecule has 0 aliphatic carbocycles. The number of carbonyl (C=O) groups excluding carboxylic acids is 1. The van der Waals surface area contributed by atoms with Crippen molar-refractivity contribution in [1.29, 1.82) is 0 Å². The standard InChI is InChI=1S/C18H19N3O3S/c1-3-4-11-24-14-9-7-13(8-10-14)17(22)21-16(15-6-5-12-25-15)19-18(20-21)23-2/h5-10,12H,3-4,11H2,1-2H3. The molecule has 0 bridgehead atoms. The summed E-state index contributed by atoms with van der Waals surface area (Å²) in [6, 6.07) is 11.0. The van der Waals surface area contributed by atoms with E-state index in [9.17, 15) is 4.79 Å². The molecule has 3 aromatic rings. The molecule has 0 spiro atoms. The maximum Gasteiger partial charge on any atom is 0.336 e. The first-order chi connectivity index (χ1) is 12.2. The molecule has 2 heterocycles. The first-order valence-electron chi connectivity index (χ1n) is 8.05. The van der Waals surface area contributed by atoms with Crippen molar-refractivity contribution in [2.75, 3.05) is 13.7 Å². The Labute approximate surface area is 150 Å². The van der Waals surface area contributed by atoms with Crippen LogP contribution in [-0.4, -0.2) is 34.4 Å². The van der Waals surface area contributed by atoms with Crippen LogP contribution in [0.5, 0.6) is 11.8 Å². The molecule has 0 unspecified atom stereocenters. The number of unbranched alkanes of at least 4 members (excludes halogenated alkanes) is 1. The first-order valence-corrected chi connectivity index (χ1v) is 8.93. The third-order valence-corrected chi connectivity index (χ3v) is 4.44. The summed E-state index contributed by atoms with van der Waals surface area (Å²) in [4.78, 5) is 18.0. The zero-order valence-corrected chi connectivity index (χ0v) is 15.0. The fourth-order valence-electron chi connectivity index (χ4n) is 2.24. The molecule has 1 aromatic carbocycles. The van der Waals surface area contributed by atoms with Crippen LogP contribution in [0.3, 0.4) is 0 Å². The Balaban J connectivity index is 1.84. The summed E-state index contributed by atoms with van der Waals surface area (Å²) in [7, 11) is 1.48. The maximum absolute atomic E-state index is 12.8. The fourth-order valence-corrected chi connectivity index (χ4v) is 2.94. The van der Waals surface area contributed by atoms with Gasteiger partial charge in [-0.2, -0.15) is 9.67 Å². The summed E-state index contributed by atoms with van der Waals surface area (Å²) < 4.78 is 12.0. The Morgan fingerprint density at radius 1 is 1.24 bits per heavy atom. The summed E-state index contributed by atoms with van der Waals surface area (Å²) in [5, 5.41) is 6.08. The van der Waals surface area contributed by atoms with E-state index in [0.717, 1.165) is 23.5 Å². The lowest BCUT2D eigenvalue weighted by Crippen LogP contribution is -2.15. The number of methoxy groups -OCH3 is 1. The molecule has 0 saturated carbocycles. The Kier molecular flexibility index (Phi) is 5.45. The van der Waals surface area contributed by atoms with E-state index in [1.165, 1.54) is 23.1 Å². The lowest BCUT2D eigenvalue weighted by atomic mass is 10.2. The topological polar surface area (TPSA) is 66.2 Å². The van der Waals surface area contributed by atoms with Crippen LogP contribution < -0.4 is 9.47 Å². The summed E-state index contributed by atoms with van der Waals surface area (Å²) in [5.74, 6) is 0.957. The lowest BCUT2D eigenvalue weighted by Gasteiger charge is -2.07. The van der Waals surface area contributed by atoms with E-state index in [4.69, 9.17) is 9.47 Å². The maximum atomic E-state index is 12.8. The summed E-state index contributed by atoms with van der Waals surface area (Å²) in [6.45, 7) is 2.79. The monoisotopic (exact) mass is 357 g/mol. The summed E-state index contributed by atoms with van der Waals surface area (Å²) >= 11 is 1.49. The molecule has 0 radical (unpaired) electrons. The van der Waals surface area contributed by atoms with Gasteiger partial charge in [0.25, 0.3) is 5.91 Å². The minimum absolute atomic E-state index is 0.163. The van der Waals surface area contributed by atoms with Crippen LogP contribution in [0, 0.1) is 0 Å². The molecule has 2 aromatic heterocycles. The highest BCUT2D eigenvalue weighted by Crippen LogP contribution is 2.25. The van der Waals surface area contributed by atoms with Crippen molar-refractivity contribution < 1.29 is 14.3 Å². The number of hydrogen-bond donors (Lipinski definition) is 0. The zero-order valence-electron chi connectivity index (χ0n) is 14.1. The molecule has 6 nitrogen and oxygen atoms in total. The molecular weight excluding hydrogens is 338 g/mol. The van der Waals surface area contributed by atoms with E-state index in [2.05, 4.69) is 17.0 Å². The molecule has 0 N–H and O–H groups in total. The van der Waals surface area contributed by atoms with Gasteiger partial charge in [0, 0.05) is 5.56 Å². The van der Waals surface area contributed by atoms with E-state index in [0.29, 0.717) is 18.0 Å². The normalized spacial score (nSPS) is 10.6. The Bertz CT molecular complexity index is 826. The van der Waals surface area contributed by atoms with Gasteiger partial charge in [0.1, 0.15) is 5.75 Å². The first kappa shape index (κ1) is 17.2. The van der Waals surface area contributed by atoms with Crippen LogP contribution in [0.15, 0.2) is 41.8 Å². The van der Waals surface area contributed by atoms with Gasteiger partial charge in [0.2, 0.25) is 0 Å². The van der Waals surface area contributed by atoms with Gasteiger partial charge in [-0.15, -0.1) is 16.4 Å². The van der Waals surface area contributed by atoms with Gasteiger partial charge in [0.05, 0.1) is 18.6 Å². The Hall–Kier alpha value is -2.67. The second-order valence-electron chi connectivity index (χ2n) is 5.34. The van der Waals surface area contributed by atoms with Gasteiger partial charge < -0.3 is 9.47 Å². The molecule has 0 fully saturated rings. The quantitative estimate of drug-likeness (QED) is 0.600. The highest BCUT2D eigenvalue weighted by Gasteiger charge is 2.20. The van der Waals surface area contributed by atoms with Crippen molar-refractivity contribution in [2.45, 2.75) is 19.8 Å². The molecular formula is C18H19N3O3S. The van der Waals surface area contributed by atoms with Gasteiger partial charge in [-0.05, 0) is 42.1 Å². The number of thiophene rings is 1. The van der Waals surface area contributed by atoms with E-state index in [1.54, 1.807) is 24.3 Å². The van der Waals surface area contributed by atoms with Crippen molar-refractivity contribution in [2.24, 2.45) is 0 Å². The number of aromatic nitrogens is 3. The highest BCUT2D eigenvalue weighted by atomic mass is 32.1. The molecule has 0 amide bonds. The predicted octanol–water partition coefficient (Wildman–Crippen LogP) is 3.88. The van der Waals surface area contributed by atoms with Crippen LogP contribution in [0.4, 0.5) is 0 Å². The van der Waals surface area contributed by atoms with E-state index in [1.807, 2.05) is 17.5 Å². The average molecular weight is 357 g/mol. The number of benzene rings is 1. The molecule has 0 atom stereocenters. The van der Waals surface area contributed by atoms with E-state index < -0.39 is 0 Å². The molecule has 0 aliphatic heterocycles. The van der Waals surface area contributed by atoms with Gasteiger partial charge in [-0.1, -0.05) is 19.4 Å². The number of hydrogen-bond acceptors (Lipinski definition) is 6. The second-order valence-corrected chi connectivity index (χ2v) is 6.29. The molecule has 3 rings (SSSR count). The van der Waals surface area contributed by atoms with Crippen LogP contribution >= 0.6 is 11.3 Å². The minimum atomic E-state index is -0.265. The van der Waals surface area contributed by atoms with Gasteiger partial charge in [-0.25, -0.2) is 0 Å². The molecule has 0 saturated heterocycles. The van der Waals surface area contributed by atoms with Crippen molar-refractivity contribution in [1.82, 2.24) is 14.8 Å². The van der Waals surface area contributed by atoms with Crippen molar-refractivity contribution in [3.8, 4) is 22.5 Å². The van der Waals surface area contributed by atoms with Crippen molar-refractivity contribution in [3.05, 3.63) is 47.3 Å². The number of carbonyl (C=O) groups is 1. The second kappa shape index (κ2) is 7.94. The minimum Gasteiger partial charge on any atom is -0.494 e. The van der Waals surface area contributed by atoms with Gasteiger partial charge in [-0.3, -0.25) is 4.79 Å². The highest BCUT2D eigenvalue weighted by molar-refractivity contribution is 7.13. The van der Waals surface area contributed by atoms with Crippen LogP contribution in [0.2, 0.25) is 0 Å². The van der Waals surface area contributed by atoms with E-state index >= 15 is 0 Å². The molecule has 7 heteroatoms. The SMILES string of the molecule is CCCCOc1ccc(C(=O)n2nc(OC)nc2-c2cccs2)cc1. The Morgan fingerprint density at radius 2 is 2.04 bits per heavy atom. The average Bonchev–Trinajstić information content (AvgIpc) is 3.31. The largest absolute Gasteiger partial charge is 0.494 e. The lowest BCUT2D eigenvalue weighted by molar-refractivity contribution is 0.0945. The van der Waals surface area contributed by atoms with Gasteiger partial charge >= 0.3 is 6.01 Å². The zero-order chi connectivity index (χ0) is 17.6. The predicted molar refractivity (Wildman–Crippen MR) is 96.5 cm³/mol. The summed E-state index contributed by atoms with van der Waals surface area (Å²) in [6.07, 6.45) is 2.08. The van der Waals surface area contributed by atoms with Crippen LogP contribution in [-0.2, 0) is 0 Å². The smallest absolute Gasteiger partial charge is 0.336 e. The van der Waals surface area contributed by atoms with Crippen LogP contribution in [0.25, 0.3) is 10.7 Å². The number of nitrogens with zero attached hydrogens (tertiary/aromatic N) is 3. The van der Waals surface area contributed by atoms with E-state index in [-0.39, 0.29) is 11.9 Å². The summed E-state index contributed by atoms with van der Waals surface area (Å²) in [5.41, 5.74) is 0.508. The third kappa shape index (κ3) is 3.88. The molecule has 130 valence electrons. The van der Waals surface area contributed by atoms with Crippen molar-refractivity contribution in [3.63, 3.8) is 0 Å². The van der Waals surface area contributed by atoms with Crippen LogP contribution in [0.1, 0.15) is 30.1 Å².